The molecule has 3 rings (SSSR count). The zero-order chi connectivity index (χ0) is 11.8. The molecule has 2 aliphatic rings. The number of nitrogens with two attached hydrogens (primary N) is 1. The highest BCUT2D eigenvalue weighted by molar-refractivity contribution is 5.90. The fourth-order valence-corrected chi connectivity index (χ4v) is 2.65. The largest absolute Gasteiger partial charge is 0.480 e. The maximum absolute atomic E-state index is 5.91. The molecule has 0 bridgehead atoms. The summed E-state index contributed by atoms with van der Waals surface area (Å²) in [4.78, 5) is 4.48. The second-order valence-electron chi connectivity index (χ2n) is 4.85. The molecule has 0 aromatic heterocycles. The van der Waals surface area contributed by atoms with Gasteiger partial charge in [0.15, 0.2) is 6.10 Å². The topological polar surface area (TPSA) is 47.6 Å². The van der Waals surface area contributed by atoms with Crippen molar-refractivity contribution in [3.63, 3.8) is 0 Å². The van der Waals surface area contributed by atoms with Crippen molar-refractivity contribution in [2.45, 2.75) is 45.1 Å². The van der Waals surface area contributed by atoms with E-state index in [-0.39, 0.29) is 6.10 Å². The van der Waals surface area contributed by atoms with E-state index in [0.717, 1.165) is 24.3 Å². The first-order valence-electron chi connectivity index (χ1n) is 6.44. The number of hydrogen-bond donors (Lipinski definition) is 1. The van der Waals surface area contributed by atoms with E-state index < -0.39 is 0 Å². The van der Waals surface area contributed by atoms with Crippen LogP contribution in [0.3, 0.4) is 0 Å². The van der Waals surface area contributed by atoms with E-state index in [0.29, 0.717) is 5.84 Å². The van der Waals surface area contributed by atoms with Crippen molar-refractivity contribution in [3.05, 3.63) is 23.3 Å². The van der Waals surface area contributed by atoms with Gasteiger partial charge in [-0.25, -0.2) is 4.99 Å². The van der Waals surface area contributed by atoms with Gasteiger partial charge in [-0.2, -0.15) is 0 Å². The Kier molecular flexibility index (Phi) is 2.54. The van der Waals surface area contributed by atoms with Crippen LogP contribution in [0, 0.1) is 0 Å². The molecule has 1 aromatic rings. The second kappa shape index (κ2) is 4.06. The maximum atomic E-state index is 5.91. The molecular weight excluding hydrogens is 212 g/mol. The number of benzene rings is 1. The number of amidine groups is 1. The van der Waals surface area contributed by atoms with Crippen LogP contribution in [0.2, 0.25) is 0 Å². The van der Waals surface area contributed by atoms with Gasteiger partial charge in [-0.15, -0.1) is 0 Å². The lowest BCUT2D eigenvalue weighted by Gasteiger charge is -2.25. The Morgan fingerprint density at radius 2 is 2.00 bits per heavy atom. The van der Waals surface area contributed by atoms with Crippen molar-refractivity contribution >= 4 is 11.5 Å². The van der Waals surface area contributed by atoms with Crippen molar-refractivity contribution in [2.75, 3.05) is 0 Å². The lowest BCUT2D eigenvalue weighted by Crippen LogP contribution is -2.35. The molecule has 1 heterocycles. The van der Waals surface area contributed by atoms with Crippen LogP contribution in [0.1, 0.15) is 37.3 Å². The predicted molar refractivity (Wildman–Crippen MR) is 69.1 cm³/mol. The molecule has 1 aliphatic heterocycles. The molecule has 0 spiro atoms. The zero-order valence-electron chi connectivity index (χ0n) is 10.2. The normalized spacial score (nSPS) is 22.2. The van der Waals surface area contributed by atoms with Crippen LogP contribution in [0.4, 0.5) is 5.69 Å². The number of aliphatic imine (C=N–C) groups is 1. The monoisotopic (exact) mass is 230 g/mol. The summed E-state index contributed by atoms with van der Waals surface area (Å²) >= 11 is 0. The molecule has 0 amide bonds. The van der Waals surface area contributed by atoms with Gasteiger partial charge in [-0.1, -0.05) is 6.92 Å². The van der Waals surface area contributed by atoms with Crippen molar-refractivity contribution in [1.82, 2.24) is 0 Å². The van der Waals surface area contributed by atoms with E-state index in [9.17, 15) is 0 Å². The van der Waals surface area contributed by atoms with Crippen LogP contribution in [0.5, 0.6) is 5.75 Å². The van der Waals surface area contributed by atoms with Gasteiger partial charge in [0.1, 0.15) is 17.3 Å². The van der Waals surface area contributed by atoms with E-state index in [1.54, 1.807) is 0 Å². The van der Waals surface area contributed by atoms with Gasteiger partial charge in [-0.05, 0) is 55.4 Å². The van der Waals surface area contributed by atoms with Gasteiger partial charge >= 0.3 is 0 Å². The summed E-state index contributed by atoms with van der Waals surface area (Å²) in [7, 11) is 0. The first kappa shape index (κ1) is 10.6. The standard InChI is InChI=1S/C14H18N2O/c1-2-12-14(15)16-11-7-9-5-3-4-6-10(9)8-13(11)17-12/h7-8,12H,2-6H2,1H3,(H2,15,16). The Labute approximate surface area is 102 Å². The summed E-state index contributed by atoms with van der Waals surface area (Å²) in [6, 6.07) is 4.32. The van der Waals surface area contributed by atoms with Crippen molar-refractivity contribution in [1.29, 1.82) is 0 Å². The highest BCUT2D eigenvalue weighted by Crippen LogP contribution is 2.37. The summed E-state index contributed by atoms with van der Waals surface area (Å²) in [6.07, 6.45) is 5.71. The van der Waals surface area contributed by atoms with Gasteiger partial charge in [-0.3, -0.25) is 0 Å². The Morgan fingerprint density at radius 3 is 2.71 bits per heavy atom. The molecule has 2 N–H and O–H groups in total. The summed E-state index contributed by atoms with van der Waals surface area (Å²) in [5.74, 6) is 1.52. The zero-order valence-corrected chi connectivity index (χ0v) is 10.2. The Hall–Kier alpha value is -1.51. The van der Waals surface area contributed by atoms with Gasteiger partial charge in [0.2, 0.25) is 0 Å². The first-order chi connectivity index (χ1) is 8.28. The smallest absolute Gasteiger partial charge is 0.155 e. The lowest BCUT2D eigenvalue weighted by atomic mass is 9.91. The van der Waals surface area contributed by atoms with Crippen molar-refractivity contribution in [3.8, 4) is 5.75 Å². The van der Waals surface area contributed by atoms with Gasteiger partial charge in [0.25, 0.3) is 0 Å². The summed E-state index contributed by atoms with van der Waals surface area (Å²) in [5, 5.41) is 0. The number of nitrogens with zero attached hydrogens (tertiary/aromatic N) is 1. The minimum absolute atomic E-state index is 0.0517. The molecule has 1 aromatic carbocycles. The van der Waals surface area contributed by atoms with Gasteiger partial charge in [0, 0.05) is 0 Å². The summed E-state index contributed by atoms with van der Waals surface area (Å²) < 4.78 is 5.90. The average molecular weight is 230 g/mol. The van der Waals surface area contributed by atoms with E-state index in [1.807, 2.05) is 0 Å². The van der Waals surface area contributed by atoms with E-state index in [2.05, 4.69) is 24.0 Å². The van der Waals surface area contributed by atoms with Crippen LogP contribution in [-0.2, 0) is 12.8 Å². The SMILES string of the molecule is CCC1Oc2cc3c(cc2N=C1N)CCCC3. The van der Waals surface area contributed by atoms with E-state index in [4.69, 9.17) is 10.5 Å². The Balaban J connectivity index is 2.04. The fourth-order valence-electron chi connectivity index (χ4n) is 2.65. The molecule has 3 nitrogen and oxygen atoms in total. The summed E-state index contributed by atoms with van der Waals surface area (Å²) in [6.45, 7) is 2.07. The molecular formula is C14H18N2O. The van der Waals surface area contributed by atoms with Crippen LogP contribution in [-0.4, -0.2) is 11.9 Å². The minimum atomic E-state index is -0.0517. The number of fused-ring (bicyclic) bond motifs is 2. The molecule has 1 atom stereocenters. The molecule has 3 heteroatoms. The third-order valence-corrected chi connectivity index (χ3v) is 3.64. The molecule has 0 saturated carbocycles. The molecule has 1 aliphatic carbocycles. The number of aryl methyl sites for hydroxylation is 2. The van der Waals surface area contributed by atoms with E-state index in [1.165, 1.54) is 30.4 Å². The number of hydrogen-bond acceptors (Lipinski definition) is 3. The molecule has 1 unspecified atom stereocenters. The average Bonchev–Trinajstić information content (AvgIpc) is 2.35. The van der Waals surface area contributed by atoms with Gasteiger partial charge < -0.3 is 10.5 Å². The molecule has 0 fully saturated rings. The molecule has 90 valence electrons. The predicted octanol–water partition coefficient (Wildman–Crippen LogP) is 2.73. The number of ether oxygens (including phenoxy) is 1. The lowest BCUT2D eigenvalue weighted by molar-refractivity contribution is 0.257. The van der Waals surface area contributed by atoms with E-state index >= 15 is 0 Å². The van der Waals surface area contributed by atoms with Crippen LogP contribution in [0.25, 0.3) is 0 Å². The van der Waals surface area contributed by atoms with Crippen LogP contribution in [0.15, 0.2) is 17.1 Å². The second-order valence-corrected chi connectivity index (χ2v) is 4.85. The van der Waals surface area contributed by atoms with Crippen molar-refractivity contribution in [2.24, 2.45) is 10.7 Å². The van der Waals surface area contributed by atoms with Crippen LogP contribution < -0.4 is 10.5 Å². The molecule has 17 heavy (non-hydrogen) atoms. The maximum Gasteiger partial charge on any atom is 0.155 e. The fraction of sp³-hybridized carbons (Fsp3) is 0.500. The van der Waals surface area contributed by atoms with Crippen molar-refractivity contribution < 1.29 is 4.74 Å². The molecule has 0 radical (unpaired) electrons. The highest BCUT2D eigenvalue weighted by atomic mass is 16.5. The Morgan fingerprint density at radius 1 is 1.29 bits per heavy atom. The Bertz CT molecular complexity index is 479. The van der Waals surface area contributed by atoms with Crippen LogP contribution >= 0.6 is 0 Å². The van der Waals surface area contributed by atoms with Gasteiger partial charge in [0.05, 0.1) is 0 Å². The first-order valence-corrected chi connectivity index (χ1v) is 6.44. The minimum Gasteiger partial charge on any atom is -0.480 e. The summed E-state index contributed by atoms with van der Waals surface area (Å²) in [5.41, 5.74) is 9.67. The number of rotatable bonds is 1. The quantitative estimate of drug-likeness (QED) is 0.806. The third kappa shape index (κ3) is 1.79. The third-order valence-electron chi connectivity index (χ3n) is 3.64. The molecule has 0 saturated heterocycles. The highest BCUT2D eigenvalue weighted by Gasteiger charge is 2.23.